The predicted molar refractivity (Wildman–Crippen MR) is 131 cm³/mol. The summed E-state index contributed by atoms with van der Waals surface area (Å²) in [6.45, 7) is 0. The molecule has 168 valence electrons. The van der Waals surface area contributed by atoms with Gasteiger partial charge in [0.05, 0.1) is 16.6 Å². The Labute approximate surface area is 202 Å². The van der Waals surface area contributed by atoms with Crippen LogP contribution in [-0.4, -0.2) is 22.0 Å². The summed E-state index contributed by atoms with van der Waals surface area (Å²) in [5.41, 5.74) is 3.33. The molecule has 1 fully saturated rings. The van der Waals surface area contributed by atoms with E-state index in [0.717, 1.165) is 37.8 Å². The predicted octanol–water partition coefficient (Wildman–Crippen LogP) is 5.04. The van der Waals surface area contributed by atoms with Crippen LogP contribution in [0.15, 0.2) is 88.7 Å². The third-order valence-electron chi connectivity index (χ3n) is 6.29. The smallest absolute Gasteiger partial charge is 0.305 e. The number of thioether (sulfide) groups is 1. The van der Waals surface area contributed by atoms with Crippen molar-refractivity contribution in [3.63, 3.8) is 0 Å². The summed E-state index contributed by atoms with van der Waals surface area (Å²) in [7, 11) is 0. The average Bonchev–Trinajstić information content (AvgIpc) is 3.35. The van der Waals surface area contributed by atoms with Crippen molar-refractivity contribution in [1.29, 1.82) is 0 Å². The summed E-state index contributed by atoms with van der Waals surface area (Å²) in [4.78, 5) is 43.8. The van der Waals surface area contributed by atoms with Crippen LogP contribution >= 0.6 is 23.1 Å². The summed E-state index contributed by atoms with van der Waals surface area (Å²) < 4.78 is 13.5. The van der Waals surface area contributed by atoms with Crippen molar-refractivity contribution in [2.45, 2.75) is 16.2 Å². The number of hydrogen-bond acceptors (Lipinski definition) is 5. The second kappa shape index (κ2) is 8.07. The largest absolute Gasteiger partial charge is 0.307 e. The van der Waals surface area contributed by atoms with Gasteiger partial charge in [0.25, 0.3) is 0 Å². The number of halogens is 1. The fourth-order valence-electron chi connectivity index (χ4n) is 4.73. The first kappa shape index (κ1) is 21.1. The lowest BCUT2D eigenvalue weighted by atomic mass is 9.82. The van der Waals surface area contributed by atoms with Crippen LogP contribution in [0, 0.1) is 11.7 Å². The van der Waals surface area contributed by atoms with Crippen LogP contribution in [0.25, 0.3) is 11.1 Å². The van der Waals surface area contributed by atoms with E-state index >= 15 is 0 Å². The fourth-order valence-corrected chi connectivity index (χ4v) is 7.25. The molecule has 0 bridgehead atoms. The van der Waals surface area contributed by atoms with E-state index in [1.54, 1.807) is 0 Å². The molecule has 2 unspecified atom stereocenters. The molecule has 5 nitrogen and oxygen atoms in total. The van der Waals surface area contributed by atoms with Crippen LogP contribution in [0.1, 0.15) is 16.4 Å². The molecule has 0 radical (unpaired) electrons. The molecule has 3 aromatic carbocycles. The number of H-pyrrole nitrogens is 1. The van der Waals surface area contributed by atoms with E-state index in [0.29, 0.717) is 10.7 Å². The van der Waals surface area contributed by atoms with Crippen molar-refractivity contribution in [2.75, 3.05) is 4.90 Å². The van der Waals surface area contributed by atoms with Crippen molar-refractivity contribution >= 4 is 40.6 Å². The van der Waals surface area contributed by atoms with Gasteiger partial charge in [0, 0.05) is 10.8 Å². The number of nitrogens with one attached hydrogen (secondary N) is 1. The molecule has 0 spiro atoms. The Bertz CT molecular complexity index is 1460. The van der Waals surface area contributed by atoms with Crippen LogP contribution in [0.3, 0.4) is 0 Å². The average molecular weight is 489 g/mol. The normalized spacial score (nSPS) is 21.4. The van der Waals surface area contributed by atoms with E-state index in [4.69, 9.17) is 0 Å². The topological polar surface area (TPSA) is 70.2 Å². The number of carbonyl (C=O) groups is 2. The minimum absolute atomic E-state index is 0.210. The van der Waals surface area contributed by atoms with Gasteiger partial charge >= 0.3 is 4.87 Å². The highest BCUT2D eigenvalue weighted by Gasteiger charge is 2.56. The maximum Gasteiger partial charge on any atom is 0.305 e. The molecule has 6 rings (SSSR count). The van der Waals surface area contributed by atoms with E-state index in [9.17, 15) is 18.8 Å². The number of rotatable bonds is 3. The second-order valence-electron chi connectivity index (χ2n) is 8.23. The van der Waals surface area contributed by atoms with Crippen LogP contribution < -0.4 is 9.77 Å². The number of amides is 2. The third kappa shape index (κ3) is 3.33. The zero-order chi connectivity index (χ0) is 23.4. The summed E-state index contributed by atoms with van der Waals surface area (Å²) >= 11 is 2.31. The van der Waals surface area contributed by atoms with Crippen molar-refractivity contribution in [2.24, 2.45) is 5.92 Å². The van der Waals surface area contributed by atoms with Gasteiger partial charge in [-0.3, -0.25) is 14.4 Å². The number of nitrogens with zero attached hydrogens (tertiary/aromatic N) is 1. The minimum Gasteiger partial charge on any atom is -0.307 e. The minimum atomic E-state index is -0.672. The van der Waals surface area contributed by atoms with Crippen LogP contribution in [-0.2, 0) is 9.59 Å². The maximum atomic E-state index is 13.6. The molecule has 1 aromatic heterocycles. The standard InChI is InChI=1S/C26H17FN2O3S2/c27-17-10-12-18(13-11-17)29-24(30)20-19(21-23(28-26(32)34-21)33-22(20)25(29)31)16-8-6-15(7-9-16)14-4-2-1-3-5-14/h1-13,19-20,22H,(H,28,32)/t19-,20?,22?/m1/s1. The molecule has 1 saturated heterocycles. The van der Waals surface area contributed by atoms with Gasteiger partial charge in [-0.1, -0.05) is 77.7 Å². The lowest BCUT2D eigenvalue weighted by Gasteiger charge is -2.29. The van der Waals surface area contributed by atoms with Crippen molar-refractivity contribution < 1.29 is 14.0 Å². The number of hydrogen-bond donors (Lipinski definition) is 1. The lowest BCUT2D eigenvalue weighted by molar-refractivity contribution is -0.122. The van der Waals surface area contributed by atoms with Crippen molar-refractivity contribution in [3.8, 4) is 11.1 Å². The maximum absolute atomic E-state index is 13.6. The Morgan fingerprint density at radius 1 is 0.794 bits per heavy atom. The molecule has 4 aromatic rings. The molecule has 8 heteroatoms. The van der Waals surface area contributed by atoms with E-state index in [-0.39, 0.29) is 16.7 Å². The number of benzene rings is 3. The molecule has 0 saturated carbocycles. The van der Waals surface area contributed by atoms with Crippen molar-refractivity contribution in [3.05, 3.63) is 105 Å². The van der Waals surface area contributed by atoms with Gasteiger partial charge in [-0.2, -0.15) is 0 Å². The van der Waals surface area contributed by atoms with Crippen LogP contribution in [0.5, 0.6) is 0 Å². The molecule has 0 aliphatic carbocycles. The van der Waals surface area contributed by atoms with E-state index in [1.807, 2.05) is 54.6 Å². The highest BCUT2D eigenvalue weighted by molar-refractivity contribution is 8.00. The molecular formula is C26H17FN2O3S2. The molecular weight excluding hydrogens is 471 g/mol. The number of aromatic nitrogens is 1. The van der Waals surface area contributed by atoms with Crippen molar-refractivity contribution in [1.82, 2.24) is 4.98 Å². The molecule has 2 aliphatic heterocycles. The number of anilines is 1. The SMILES string of the molecule is O=C1C2Sc3[nH]c(=O)sc3[C@H](c3ccc(-c4ccccc4)cc3)C2C(=O)N1c1ccc(F)cc1. The van der Waals surface area contributed by atoms with Gasteiger partial charge in [-0.05, 0) is 41.0 Å². The fraction of sp³-hybridized carbons (Fsp3) is 0.115. The summed E-state index contributed by atoms with van der Waals surface area (Å²) in [6.07, 6.45) is 0. The van der Waals surface area contributed by atoms with Crippen LogP contribution in [0.4, 0.5) is 10.1 Å². The Kier molecular flexibility index (Phi) is 5.00. The van der Waals surface area contributed by atoms with Gasteiger partial charge < -0.3 is 4.98 Å². The monoisotopic (exact) mass is 488 g/mol. The van der Waals surface area contributed by atoms with Gasteiger partial charge in [-0.15, -0.1) is 0 Å². The van der Waals surface area contributed by atoms with E-state index in [2.05, 4.69) is 4.98 Å². The highest BCUT2D eigenvalue weighted by atomic mass is 32.2. The zero-order valence-electron chi connectivity index (χ0n) is 17.6. The number of thiazole rings is 1. The molecule has 34 heavy (non-hydrogen) atoms. The molecule has 2 aliphatic rings. The van der Waals surface area contributed by atoms with E-state index in [1.165, 1.54) is 36.0 Å². The summed E-state index contributed by atoms with van der Waals surface area (Å²) in [5.74, 6) is -2.22. The third-order valence-corrected chi connectivity index (χ3v) is 8.69. The molecule has 2 amide bonds. The quantitative estimate of drug-likeness (QED) is 0.410. The van der Waals surface area contributed by atoms with Gasteiger partial charge in [-0.25, -0.2) is 9.29 Å². The molecule has 1 N–H and O–H groups in total. The Balaban J connectivity index is 1.44. The highest BCUT2D eigenvalue weighted by Crippen LogP contribution is 2.53. The van der Waals surface area contributed by atoms with E-state index < -0.39 is 22.9 Å². The molecule has 3 atom stereocenters. The summed E-state index contributed by atoms with van der Waals surface area (Å²) in [6, 6.07) is 23.2. The molecule has 3 heterocycles. The Hall–Kier alpha value is -3.49. The van der Waals surface area contributed by atoms with Crippen LogP contribution in [0.2, 0.25) is 0 Å². The first-order valence-electron chi connectivity index (χ1n) is 10.7. The summed E-state index contributed by atoms with van der Waals surface area (Å²) in [5, 5.41) is -0.0374. The number of aromatic amines is 1. The van der Waals surface area contributed by atoms with Gasteiger partial charge in [0.2, 0.25) is 11.8 Å². The first-order valence-corrected chi connectivity index (χ1v) is 12.4. The number of imide groups is 1. The lowest BCUT2D eigenvalue weighted by Crippen LogP contribution is -2.32. The number of fused-ring (bicyclic) bond motifs is 2. The Morgan fingerprint density at radius 3 is 2.18 bits per heavy atom. The first-order chi connectivity index (χ1) is 16.5. The Morgan fingerprint density at radius 2 is 1.47 bits per heavy atom. The van der Waals surface area contributed by atoms with Gasteiger partial charge in [0.15, 0.2) is 0 Å². The number of carbonyl (C=O) groups excluding carboxylic acids is 2. The zero-order valence-corrected chi connectivity index (χ0v) is 19.2. The van der Waals surface area contributed by atoms with Gasteiger partial charge in [0.1, 0.15) is 11.1 Å². The second-order valence-corrected chi connectivity index (χ2v) is 10.4.